The second kappa shape index (κ2) is 10.6. The van der Waals surface area contributed by atoms with Gasteiger partial charge in [0.15, 0.2) is 0 Å². The standard InChI is InChI=1S/C27H28F2N8O/c1-16-4-5-18(15-37(16)17(2)38)27-34-23(24-13-30-6-7-31-24)11-25(35-27)33-22-9-19(8-20(10-22)26(28)29)21-12-32-36(3)14-21/h6-14,16,18,26H,4-5,15H2,1-3H3,(H,33,34,35)/t16-,18+/m0/s1. The maximum absolute atomic E-state index is 13.8. The molecule has 0 saturated carbocycles. The third kappa shape index (κ3) is 5.51. The van der Waals surface area contributed by atoms with Gasteiger partial charge in [0, 0.05) is 73.9 Å². The molecular formula is C27H28F2N8O. The Morgan fingerprint density at radius 3 is 2.58 bits per heavy atom. The van der Waals surface area contributed by atoms with E-state index in [1.807, 2.05) is 11.8 Å². The number of carbonyl (C=O) groups excluding carboxylic acids is 1. The normalized spacial score (nSPS) is 17.6. The fraction of sp³-hybridized carbons (Fsp3) is 0.333. The van der Waals surface area contributed by atoms with Crippen LogP contribution in [0.15, 0.2) is 55.2 Å². The number of hydrogen-bond donors (Lipinski definition) is 1. The highest BCUT2D eigenvalue weighted by molar-refractivity contribution is 5.74. The molecule has 1 fully saturated rings. The lowest BCUT2D eigenvalue weighted by Gasteiger charge is -2.37. The number of hydrogen-bond acceptors (Lipinski definition) is 7. The molecule has 1 saturated heterocycles. The monoisotopic (exact) mass is 518 g/mol. The van der Waals surface area contributed by atoms with E-state index in [0.29, 0.717) is 40.8 Å². The molecule has 1 aliphatic rings. The predicted molar refractivity (Wildman–Crippen MR) is 139 cm³/mol. The van der Waals surface area contributed by atoms with E-state index in [9.17, 15) is 13.6 Å². The minimum atomic E-state index is -2.65. The van der Waals surface area contributed by atoms with Crippen molar-refractivity contribution in [1.82, 2.24) is 34.6 Å². The van der Waals surface area contributed by atoms with Crippen LogP contribution < -0.4 is 5.32 Å². The van der Waals surface area contributed by atoms with E-state index >= 15 is 0 Å². The molecule has 1 N–H and O–H groups in total. The van der Waals surface area contributed by atoms with Crippen molar-refractivity contribution in [3.8, 4) is 22.5 Å². The number of anilines is 2. The van der Waals surface area contributed by atoms with Crippen LogP contribution in [-0.2, 0) is 11.8 Å². The maximum Gasteiger partial charge on any atom is 0.263 e. The molecule has 4 aromatic rings. The second-order valence-corrected chi connectivity index (χ2v) is 9.55. The molecule has 1 aliphatic heterocycles. The topological polar surface area (TPSA) is 102 Å². The summed E-state index contributed by atoms with van der Waals surface area (Å²) in [6.45, 7) is 4.11. The molecule has 1 aromatic carbocycles. The molecule has 0 spiro atoms. The van der Waals surface area contributed by atoms with Crippen molar-refractivity contribution in [2.45, 2.75) is 45.1 Å². The van der Waals surface area contributed by atoms with Gasteiger partial charge in [0.2, 0.25) is 5.91 Å². The smallest absolute Gasteiger partial charge is 0.263 e. The number of nitrogens with zero attached hydrogens (tertiary/aromatic N) is 7. The summed E-state index contributed by atoms with van der Waals surface area (Å²) in [6.07, 6.45) is 7.17. The van der Waals surface area contributed by atoms with Gasteiger partial charge < -0.3 is 10.2 Å². The van der Waals surface area contributed by atoms with Gasteiger partial charge in [0.25, 0.3) is 6.43 Å². The van der Waals surface area contributed by atoms with E-state index in [-0.39, 0.29) is 23.4 Å². The Morgan fingerprint density at radius 1 is 1.05 bits per heavy atom. The number of likely N-dealkylation sites (tertiary alicyclic amines) is 1. The zero-order valence-electron chi connectivity index (χ0n) is 21.3. The van der Waals surface area contributed by atoms with Gasteiger partial charge in [-0.1, -0.05) is 0 Å². The van der Waals surface area contributed by atoms with Crippen LogP contribution in [0.2, 0.25) is 0 Å². The number of aryl methyl sites for hydroxylation is 1. The molecule has 4 heterocycles. The lowest BCUT2D eigenvalue weighted by Crippen LogP contribution is -2.44. The van der Waals surface area contributed by atoms with Crippen LogP contribution in [0.5, 0.6) is 0 Å². The summed E-state index contributed by atoms with van der Waals surface area (Å²) < 4.78 is 29.2. The van der Waals surface area contributed by atoms with Crippen LogP contribution in [0, 0.1) is 0 Å². The Kier molecular flexibility index (Phi) is 7.08. The summed E-state index contributed by atoms with van der Waals surface area (Å²) in [5.41, 5.74) is 2.79. The van der Waals surface area contributed by atoms with Crippen LogP contribution in [0.3, 0.4) is 0 Å². The van der Waals surface area contributed by atoms with Crippen molar-refractivity contribution < 1.29 is 13.6 Å². The Hall–Kier alpha value is -4.28. The first-order valence-corrected chi connectivity index (χ1v) is 12.4. The summed E-state index contributed by atoms with van der Waals surface area (Å²) in [7, 11) is 1.77. The average Bonchev–Trinajstić information content (AvgIpc) is 3.35. The number of piperidine rings is 1. The largest absolute Gasteiger partial charge is 0.340 e. The average molecular weight is 519 g/mol. The lowest BCUT2D eigenvalue weighted by molar-refractivity contribution is -0.132. The van der Waals surface area contributed by atoms with Crippen molar-refractivity contribution in [2.75, 3.05) is 11.9 Å². The zero-order valence-corrected chi connectivity index (χ0v) is 21.3. The molecule has 0 unspecified atom stereocenters. The van der Waals surface area contributed by atoms with Crippen LogP contribution in [0.1, 0.15) is 50.4 Å². The van der Waals surface area contributed by atoms with Crippen molar-refractivity contribution in [1.29, 1.82) is 0 Å². The molecule has 0 aliphatic carbocycles. The number of alkyl halides is 2. The zero-order chi connectivity index (χ0) is 26.8. The molecule has 0 bridgehead atoms. The van der Waals surface area contributed by atoms with E-state index < -0.39 is 6.43 Å². The molecule has 0 radical (unpaired) electrons. The van der Waals surface area contributed by atoms with Crippen molar-refractivity contribution in [2.24, 2.45) is 7.05 Å². The summed E-state index contributed by atoms with van der Waals surface area (Å²) in [5, 5.41) is 7.37. The molecule has 2 atom stereocenters. The first-order valence-electron chi connectivity index (χ1n) is 12.4. The van der Waals surface area contributed by atoms with E-state index in [1.165, 1.54) is 12.1 Å². The van der Waals surface area contributed by atoms with Crippen molar-refractivity contribution in [3.63, 3.8) is 0 Å². The molecule has 38 heavy (non-hydrogen) atoms. The van der Waals surface area contributed by atoms with Crippen LogP contribution in [0.25, 0.3) is 22.5 Å². The van der Waals surface area contributed by atoms with Crippen LogP contribution >= 0.6 is 0 Å². The maximum atomic E-state index is 13.8. The number of benzene rings is 1. The summed E-state index contributed by atoms with van der Waals surface area (Å²) in [4.78, 5) is 32.1. The first-order chi connectivity index (χ1) is 18.3. The molecule has 5 rings (SSSR count). The molecule has 196 valence electrons. The van der Waals surface area contributed by atoms with Gasteiger partial charge in [-0.3, -0.25) is 19.4 Å². The lowest BCUT2D eigenvalue weighted by atomic mass is 9.92. The number of rotatable bonds is 6. The molecule has 11 heteroatoms. The summed E-state index contributed by atoms with van der Waals surface area (Å²) >= 11 is 0. The van der Waals surface area contributed by atoms with E-state index in [0.717, 1.165) is 18.4 Å². The van der Waals surface area contributed by atoms with Gasteiger partial charge in [-0.25, -0.2) is 18.7 Å². The van der Waals surface area contributed by atoms with Gasteiger partial charge in [-0.05, 0) is 43.5 Å². The van der Waals surface area contributed by atoms with Crippen LogP contribution in [-0.4, -0.2) is 53.1 Å². The molecule has 9 nitrogen and oxygen atoms in total. The fourth-order valence-corrected chi connectivity index (χ4v) is 4.77. The molecule has 3 aromatic heterocycles. The number of aromatic nitrogens is 6. The Morgan fingerprint density at radius 2 is 1.89 bits per heavy atom. The quantitative estimate of drug-likeness (QED) is 0.378. The summed E-state index contributed by atoms with van der Waals surface area (Å²) in [5.74, 6) is 0.932. The first kappa shape index (κ1) is 25.4. The molecule has 1 amide bonds. The Labute approximate surface area is 219 Å². The third-order valence-electron chi connectivity index (χ3n) is 6.74. The fourth-order valence-electron chi connectivity index (χ4n) is 4.77. The number of nitrogens with one attached hydrogen (secondary N) is 1. The van der Waals surface area contributed by atoms with E-state index in [4.69, 9.17) is 9.97 Å². The highest BCUT2D eigenvalue weighted by Gasteiger charge is 2.30. The number of halogens is 2. The third-order valence-corrected chi connectivity index (χ3v) is 6.74. The predicted octanol–water partition coefficient (Wildman–Crippen LogP) is 5.13. The molecular weight excluding hydrogens is 490 g/mol. The van der Waals surface area contributed by atoms with Gasteiger partial charge >= 0.3 is 0 Å². The van der Waals surface area contributed by atoms with Gasteiger partial charge in [-0.2, -0.15) is 5.10 Å². The van der Waals surface area contributed by atoms with Gasteiger partial charge in [0.1, 0.15) is 17.3 Å². The Bertz CT molecular complexity index is 1440. The Balaban J connectivity index is 1.54. The van der Waals surface area contributed by atoms with Gasteiger partial charge in [0.05, 0.1) is 18.1 Å². The SMILES string of the molecule is CC(=O)N1C[C@H](c2nc(Nc3cc(-c4cnn(C)c4)cc(C(F)F)c3)cc(-c3cnccn3)n2)CC[C@@H]1C. The highest BCUT2D eigenvalue weighted by atomic mass is 19.3. The number of amides is 1. The second-order valence-electron chi connectivity index (χ2n) is 9.55. The van der Waals surface area contributed by atoms with Crippen molar-refractivity contribution >= 4 is 17.4 Å². The van der Waals surface area contributed by atoms with E-state index in [1.54, 1.807) is 61.8 Å². The van der Waals surface area contributed by atoms with Crippen LogP contribution in [0.4, 0.5) is 20.3 Å². The highest BCUT2D eigenvalue weighted by Crippen LogP contribution is 2.33. The van der Waals surface area contributed by atoms with E-state index in [2.05, 4.69) is 20.4 Å². The van der Waals surface area contributed by atoms with Crippen molar-refractivity contribution in [3.05, 3.63) is 66.6 Å². The minimum Gasteiger partial charge on any atom is -0.340 e. The minimum absolute atomic E-state index is 0.0115. The van der Waals surface area contributed by atoms with Gasteiger partial charge in [-0.15, -0.1) is 0 Å². The summed E-state index contributed by atoms with van der Waals surface area (Å²) in [6, 6.07) is 6.52. The number of carbonyl (C=O) groups is 1.